The van der Waals surface area contributed by atoms with Crippen LogP contribution < -0.4 is 5.32 Å². The number of piperidine rings is 1. The van der Waals surface area contributed by atoms with Crippen LogP contribution in [-0.4, -0.2) is 132 Å². The largest absolute Gasteiger partial charge is 0.379 e. The summed E-state index contributed by atoms with van der Waals surface area (Å²) in [6, 6.07) is 16.1. The lowest BCUT2D eigenvalue weighted by Crippen LogP contribution is -2.54. The molecule has 6 rings (SSSR count). The van der Waals surface area contributed by atoms with Crippen molar-refractivity contribution < 1.29 is 43.0 Å². The monoisotopic (exact) mass is 954 g/mol. The lowest BCUT2D eigenvalue weighted by Gasteiger charge is -2.41. The molecule has 1 saturated carbocycles. The molecule has 2 bridgehead atoms. The number of anilines is 1. The van der Waals surface area contributed by atoms with Crippen LogP contribution in [0.3, 0.4) is 0 Å². The van der Waals surface area contributed by atoms with E-state index in [1.807, 2.05) is 63.1 Å². The Morgan fingerprint density at radius 3 is 2.14 bits per heavy atom. The predicted molar refractivity (Wildman–Crippen MR) is 264 cm³/mol. The lowest BCUT2D eigenvalue weighted by molar-refractivity contribution is -0.149. The van der Waals surface area contributed by atoms with Gasteiger partial charge in [0, 0.05) is 82.5 Å². The normalized spacial score (nSPS) is 24.5. The summed E-state index contributed by atoms with van der Waals surface area (Å²) in [4.78, 5) is 103. The number of likely N-dealkylation sites (N-methyl/N-ethyl adjacent to an activating group) is 2. The Morgan fingerprint density at radius 2 is 1.57 bits per heavy atom. The summed E-state index contributed by atoms with van der Waals surface area (Å²) in [6.07, 6.45) is 4.77. The average molecular weight is 954 g/mol. The Labute approximate surface area is 410 Å². The summed E-state index contributed by atoms with van der Waals surface area (Å²) in [7, 11) is 6.98. The van der Waals surface area contributed by atoms with Crippen LogP contribution in [0.1, 0.15) is 117 Å². The molecular weight excluding hydrogens is 875 g/mol. The molecule has 378 valence electrons. The summed E-state index contributed by atoms with van der Waals surface area (Å²) in [5.74, 6) is -2.87. The number of hydrogen-bond acceptors (Lipinski definition) is 10. The van der Waals surface area contributed by atoms with Crippen molar-refractivity contribution in [2.45, 2.75) is 155 Å². The van der Waals surface area contributed by atoms with Crippen molar-refractivity contribution in [2.24, 2.45) is 41.4 Å². The second-order valence-corrected chi connectivity index (χ2v) is 21.1. The van der Waals surface area contributed by atoms with Crippen LogP contribution in [-0.2, 0) is 56.0 Å². The first kappa shape index (κ1) is 53.6. The van der Waals surface area contributed by atoms with E-state index in [-0.39, 0.29) is 97.1 Å². The quantitative estimate of drug-likeness (QED) is 0.109. The standard InChI is InChI=1S/C55H79N5O9/c1-11-34(4)50(58(8)55(67)43(33(2)3)30-46(62)51-39-21-24-42(28-39)57(51)7)47(68-9)31-49(64)59-25-15-18-44(59)52(69-10)36(6)45(61)29-40(27-37-16-13-12-14-17-37)53(65)56-41-22-19-38(20-23-41)32-60-48(63)26-35(5)54(60)66/h12-14,16-17,19-20,22-23,33-36,39-40,42-44,47,50-52H,11,15,18,21,24-32H2,1-10H3,(H,56,65)/t34-,35?,36-,39-,40+,42+,43-,44-,47+,50-,51-,52+/m0/s1. The van der Waals surface area contributed by atoms with Gasteiger partial charge in [-0.25, -0.2) is 0 Å². The Balaban J connectivity index is 1.11. The molecule has 2 aromatic rings. The number of rotatable bonds is 24. The van der Waals surface area contributed by atoms with Gasteiger partial charge in [-0.1, -0.05) is 90.4 Å². The third-order valence-electron chi connectivity index (χ3n) is 16.3. The number of hydrogen-bond donors (Lipinski definition) is 1. The minimum absolute atomic E-state index is 0.0151. The third kappa shape index (κ3) is 12.4. The minimum Gasteiger partial charge on any atom is -0.379 e. The topological polar surface area (TPSA) is 163 Å². The number of likely N-dealkylation sites (tertiary alicyclic amines) is 3. The van der Waals surface area contributed by atoms with E-state index in [0.29, 0.717) is 37.0 Å². The molecule has 1 unspecified atom stereocenters. The first-order chi connectivity index (χ1) is 32.9. The zero-order valence-corrected chi connectivity index (χ0v) is 42.9. The number of ketones is 2. The van der Waals surface area contributed by atoms with Crippen LogP contribution in [0.5, 0.6) is 0 Å². The van der Waals surface area contributed by atoms with E-state index in [1.165, 1.54) is 4.90 Å². The van der Waals surface area contributed by atoms with Gasteiger partial charge < -0.3 is 24.6 Å². The van der Waals surface area contributed by atoms with Crippen LogP contribution in [0.25, 0.3) is 0 Å². The molecule has 4 aliphatic rings. The van der Waals surface area contributed by atoms with E-state index < -0.39 is 42.0 Å². The zero-order valence-electron chi connectivity index (χ0n) is 42.9. The van der Waals surface area contributed by atoms with E-state index in [4.69, 9.17) is 9.47 Å². The number of methoxy groups -OCH3 is 2. The Morgan fingerprint density at radius 1 is 0.870 bits per heavy atom. The van der Waals surface area contributed by atoms with Gasteiger partial charge in [0.25, 0.3) is 0 Å². The molecule has 0 spiro atoms. The molecule has 69 heavy (non-hydrogen) atoms. The molecule has 0 aromatic heterocycles. The molecule has 14 nitrogen and oxygen atoms in total. The van der Waals surface area contributed by atoms with Gasteiger partial charge in [0.15, 0.2) is 5.78 Å². The number of Topliss-reactive ketones (excluding diaryl/α,β-unsaturated/α-hetero) is 2. The lowest BCUT2D eigenvalue weighted by atomic mass is 9.83. The maximum absolute atomic E-state index is 14.5. The Bertz CT molecular complexity index is 2130. The number of fused-ring (bicyclic) bond motifs is 2. The fourth-order valence-corrected chi connectivity index (χ4v) is 12.0. The minimum atomic E-state index is -0.714. The highest BCUT2D eigenvalue weighted by molar-refractivity contribution is 6.03. The fourth-order valence-electron chi connectivity index (χ4n) is 12.0. The number of carbonyl (C=O) groups is 7. The van der Waals surface area contributed by atoms with Crippen LogP contribution in [0.2, 0.25) is 0 Å². The van der Waals surface area contributed by atoms with Crippen molar-refractivity contribution in [1.82, 2.24) is 19.6 Å². The van der Waals surface area contributed by atoms with Gasteiger partial charge in [0.05, 0.1) is 43.3 Å². The van der Waals surface area contributed by atoms with Crippen molar-refractivity contribution in [3.05, 3.63) is 65.7 Å². The van der Waals surface area contributed by atoms with E-state index in [0.717, 1.165) is 43.2 Å². The van der Waals surface area contributed by atoms with Crippen molar-refractivity contribution in [3.63, 3.8) is 0 Å². The van der Waals surface area contributed by atoms with E-state index in [1.54, 1.807) is 57.4 Å². The molecule has 0 radical (unpaired) electrons. The highest BCUT2D eigenvalue weighted by Gasteiger charge is 2.49. The Hall–Kier alpha value is -4.79. The van der Waals surface area contributed by atoms with Crippen LogP contribution in [0.4, 0.5) is 5.69 Å². The number of nitrogens with one attached hydrogen (secondary N) is 1. The molecule has 14 heteroatoms. The van der Waals surface area contributed by atoms with Crippen molar-refractivity contribution >= 4 is 46.8 Å². The SMILES string of the molecule is CC[C@H](C)[C@@H]([C@@H](CC(=O)N1CCC[C@H]1[C@H](OC)[C@@H](C)C(=O)C[C@@H](Cc1ccccc1)C(=O)Nc1ccc(CN2C(=O)CC(C)C2=O)cc1)OC)N(C)C(=O)[C@@H](CC(=O)[C@@H]1[C@H]2CC[C@H](C2)N1C)C(C)C. The second kappa shape index (κ2) is 23.9. The molecule has 3 saturated heterocycles. The number of ether oxygens (including phenoxy) is 2. The van der Waals surface area contributed by atoms with Crippen molar-refractivity contribution in [3.8, 4) is 0 Å². The molecule has 3 aliphatic heterocycles. The maximum atomic E-state index is 14.5. The molecule has 1 N–H and O–H groups in total. The molecule has 3 heterocycles. The number of imide groups is 1. The molecule has 4 fully saturated rings. The van der Waals surface area contributed by atoms with E-state index in [9.17, 15) is 33.6 Å². The second-order valence-electron chi connectivity index (χ2n) is 21.1. The van der Waals surface area contributed by atoms with Gasteiger partial charge in [-0.15, -0.1) is 0 Å². The van der Waals surface area contributed by atoms with Gasteiger partial charge >= 0.3 is 0 Å². The van der Waals surface area contributed by atoms with Crippen LogP contribution in [0, 0.1) is 41.4 Å². The molecule has 1 aliphatic carbocycles. The van der Waals surface area contributed by atoms with Crippen molar-refractivity contribution in [1.29, 1.82) is 0 Å². The zero-order chi connectivity index (χ0) is 50.3. The van der Waals surface area contributed by atoms with Gasteiger partial charge in [-0.2, -0.15) is 0 Å². The summed E-state index contributed by atoms with van der Waals surface area (Å²) in [5, 5.41) is 2.99. The summed E-state index contributed by atoms with van der Waals surface area (Å²) >= 11 is 0. The van der Waals surface area contributed by atoms with Crippen LogP contribution in [0.15, 0.2) is 54.6 Å². The van der Waals surface area contributed by atoms with Gasteiger partial charge in [-0.05, 0) is 86.6 Å². The highest BCUT2D eigenvalue weighted by atomic mass is 16.5. The summed E-state index contributed by atoms with van der Waals surface area (Å²) in [6.45, 7) is 12.3. The van der Waals surface area contributed by atoms with Crippen molar-refractivity contribution in [2.75, 3.05) is 40.2 Å². The number of amides is 5. The fraction of sp³-hybridized carbons (Fsp3) is 0.655. The van der Waals surface area contributed by atoms with Gasteiger partial charge in [0.1, 0.15) is 5.78 Å². The van der Waals surface area contributed by atoms with Gasteiger partial charge in [0.2, 0.25) is 29.5 Å². The first-order valence-corrected chi connectivity index (χ1v) is 25.6. The first-order valence-electron chi connectivity index (χ1n) is 25.6. The van der Waals surface area contributed by atoms with E-state index in [2.05, 4.69) is 24.1 Å². The van der Waals surface area contributed by atoms with Gasteiger partial charge in [-0.3, -0.25) is 43.4 Å². The average Bonchev–Trinajstić information content (AvgIpc) is 4.13. The summed E-state index contributed by atoms with van der Waals surface area (Å²) < 4.78 is 12.2. The maximum Gasteiger partial charge on any atom is 0.232 e. The third-order valence-corrected chi connectivity index (χ3v) is 16.3. The highest BCUT2D eigenvalue weighted by Crippen LogP contribution is 2.43. The molecule has 5 amide bonds. The molecule has 12 atom stereocenters. The number of carbonyl (C=O) groups excluding carboxylic acids is 7. The molecular formula is C55H79N5O9. The van der Waals surface area contributed by atoms with E-state index >= 15 is 0 Å². The Kier molecular flexibility index (Phi) is 18.5. The smallest absolute Gasteiger partial charge is 0.232 e. The summed E-state index contributed by atoms with van der Waals surface area (Å²) in [5.41, 5.74) is 2.19. The number of nitrogens with zero attached hydrogens (tertiary/aromatic N) is 4. The van der Waals surface area contributed by atoms with Crippen LogP contribution >= 0.6 is 0 Å². The number of benzene rings is 2. The molecule has 2 aromatic carbocycles. The predicted octanol–water partition coefficient (Wildman–Crippen LogP) is 6.97.